The molecule has 0 bridgehead atoms. The molecule has 0 radical (unpaired) electrons. The van der Waals surface area contributed by atoms with Crippen molar-refractivity contribution >= 4 is 13.5 Å². The fraction of sp³-hybridized carbons (Fsp3) is 0.739. The zero-order valence-electron chi connectivity index (χ0n) is 16.8. The van der Waals surface area contributed by atoms with Gasteiger partial charge in [-0.05, 0) is 0 Å². The monoisotopic (exact) mass is 408 g/mol. The Balaban J connectivity index is 2.41. The Kier molecular flexibility index (Phi) is 13.3. The van der Waals surface area contributed by atoms with E-state index in [9.17, 15) is 3.74 Å². The third-order valence-corrected chi connectivity index (χ3v) is 11.9. The summed E-state index contributed by atoms with van der Waals surface area (Å²) in [6.45, 7) is 4.52. The molecule has 0 saturated heterocycles. The van der Waals surface area contributed by atoms with Gasteiger partial charge in [0.05, 0.1) is 0 Å². The molecule has 0 spiro atoms. The molecular weight excluding hydrogens is 367 g/mol. The van der Waals surface area contributed by atoms with Crippen LogP contribution in [0.1, 0.15) is 96.5 Å². The SMILES string of the molecule is CCCCCCCC[As](=O)(CCCCCCCC)Cc1ccccc1. The molecule has 2 heteroatoms. The second-order valence-electron chi connectivity index (χ2n) is 7.68. The second kappa shape index (κ2) is 14.7. The van der Waals surface area contributed by atoms with Crippen LogP contribution < -0.4 is 0 Å². The van der Waals surface area contributed by atoms with Gasteiger partial charge in [-0.2, -0.15) is 0 Å². The molecule has 0 aliphatic carbocycles. The van der Waals surface area contributed by atoms with Crippen LogP contribution in [0, 0.1) is 0 Å². The van der Waals surface area contributed by atoms with Gasteiger partial charge in [0.15, 0.2) is 0 Å². The van der Waals surface area contributed by atoms with E-state index in [1.807, 2.05) is 0 Å². The summed E-state index contributed by atoms with van der Waals surface area (Å²) in [6, 6.07) is 10.6. The molecule has 0 atom stereocenters. The summed E-state index contributed by atoms with van der Waals surface area (Å²) >= 11 is -2.76. The van der Waals surface area contributed by atoms with E-state index in [2.05, 4.69) is 44.2 Å². The summed E-state index contributed by atoms with van der Waals surface area (Å²) in [7, 11) is 0. The summed E-state index contributed by atoms with van der Waals surface area (Å²) in [5, 5.41) is 2.92. The molecule has 0 N–H and O–H groups in total. The first kappa shape index (κ1) is 22.6. The summed E-state index contributed by atoms with van der Waals surface area (Å²) in [4.78, 5) is 0. The Morgan fingerprint density at radius 2 is 1.08 bits per heavy atom. The van der Waals surface area contributed by atoms with Gasteiger partial charge in [0.2, 0.25) is 0 Å². The van der Waals surface area contributed by atoms with Gasteiger partial charge in [-0.3, -0.25) is 0 Å². The molecule has 25 heavy (non-hydrogen) atoms. The van der Waals surface area contributed by atoms with Crippen LogP contribution in [-0.2, 0) is 8.95 Å². The molecule has 0 aliphatic rings. The molecule has 0 unspecified atom stereocenters. The number of benzene rings is 1. The first-order chi connectivity index (χ1) is 12.2. The summed E-state index contributed by atoms with van der Waals surface area (Å²) < 4.78 is 13.6. The van der Waals surface area contributed by atoms with Crippen molar-refractivity contribution in [2.24, 2.45) is 0 Å². The Bertz CT molecular complexity index is 434. The van der Waals surface area contributed by atoms with Crippen LogP contribution in [0.2, 0.25) is 10.4 Å². The van der Waals surface area contributed by atoms with E-state index in [-0.39, 0.29) is 0 Å². The van der Waals surface area contributed by atoms with Crippen molar-refractivity contribution in [1.29, 1.82) is 0 Å². The van der Waals surface area contributed by atoms with E-state index >= 15 is 0 Å². The number of unbranched alkanes of at least 4 members (excludes halogenated alkanes) is 10. The quantitative estimate of drug-likeness (QED) is 0.201. The van der Waals surface area contributed by atoms with Crippen LogP contribution >= 0.6 is 0 Å². The van der Waals surface area contributed by atoms with Crippen molar-refractivity contribution in [2.75, 3.05) is 0 Å². The topological polar surface area (TPSA) is 17.1 Å². The van der Waals surface area contributed by atoms with E-state index in [0.717, 1.165) is 15.6 Å². The van der Waals surface area contributed by atoms with Gasteiger partial charge in [0.25, 0.3) is 0 Å². The predicted molar refractivity (Wildman–Crippen MR) is 113 cm³/mol. The van der Waals surface area contributed by atoms with Crippen molar-refractivity contribution in [1.82, 2.24) is 0 Å². The molecule has 0 fully saturated rings. The van der Waals surface area contributed by atoms with E-state index in [0.29, 0.717) is 0 Å². The fourth-order valence-electron chi connectivity index (χ4n) is 3.55. The van der Waals surface area contributed by atoms with Gasteiger partial charge in [-0.25, -0.2) is 0 Å². The van der Waals surface area contributed by atoms with Crippen LogP contribution in [0.5, 0.6) is 0 Å². The van der Waals surface area contributed by atoms with Crippen LogP contribution in [0.4, 0.5) is 0 Å². The van der Waals surface area contributed by atoms with Crippen LogP contribution in [0.15, 0.2) is 30.3 Å². The third kappa shape index (κ3) is 11.7. The minimum absolute atomic E-state index is 0.878. The molecule has 0 saturated carbocycles. The molecule has 0 heterocycles. The molecule has 0 aliphatic heterocycles. The van der Waals surface area contributed by atoms with Gasteiger partial charge in [0.1, 0.15) is 0 Å². The van der Waals surface area contributed by atoms with Crippen molar-refractivity contribution < 1.29 is 3.74 Å². The van der Waals surface area contributed by atoms with Crippen molar-refractivity contribution in [2.45, 2.75) is 107 Å². The average Bonchev–Trinajstić information content (AvgIpc) is 2.62. The molecular formula is C23H41AsO. The summed E-state index contributed by atoms with van der Waals surface area (Å²) in [5.74, 6) is 0. The summed E-state index contributed by atoms with van der Waals surface area (Å²) in [5.41, 5.74) is 1.29. The van der Waals surface area contributed by atoms with Crippen LogP contribution in [0.3, 0.4) is 0 Å². The zero-order chi connectivity index (χ0) is 18.2. The van der Waals surface area contributed by atoms with Crippen molar-refractivity contribution in [3.8, 4) is 0 Å². The minimum atomic E-state index is -2.76. The van der Waals surface area contributed by atoms with E-state index in [1.165, 1.54) is 82.6 Å². The molecule has 1 nitrogen and oxygen atoms in total. The molecule has 0 aromatic heterocycles. The molecule has 144 valence electrons. The van der Waals surface area contributed by atoms with Crippen LogP contribution in [-0.4, -0.2) is 13.5 Å². The van der Waals surface area contributed by atoms with Gasteiger partial charge < -0.3 is 0 Å². The molecule has 1 rings (SSSR count). The molecule has 1 aromatic rings. The Hall–Kier alpha value is -0.422. The number of hydrogen-bond donors (Lipinski definition) is 0. The van der Waals surface area contributed by atoms with Crippen molar-refractivity contribution in [3.05, 3.63) is 35.9 Å². The predicted octanol–water partition coefficient (Wildman–Crippen LogP) is 7.87. The van der Waals surface area contributed by atoms with Gasteiger partial charge in [-0.15, -0.1) is 0 Å². The third-order valence-electron chi connectivity index (χ3n) is 5.15. The second-order valence-corrected chi connectivity index (χ2v) is 14.7. The van der Waals surface area contributed by atoms with Gasteiger partial charge in [0, 0.05) is 0 Å². The fourth-order valence-corrected chi connectivity index (χ4v) is 9.87. The van der Waals surface area contributed by atoms with Gasteiger partial charge >= 0.3 is 160 Å². The standard InChI is InChI=1S/C23H41AsO/c1-3-5-7-9-11-16-20-24(25,21-17-12-10-8-6-4-2)22-23-18-14-13-15-19-23/h13-15,18-19H,3-12,16-17,20-22H2,1-2H3. The van der Waals surface area contributed by atoms with E-state index < -0.39 is 13.5 Å². The Morgan fingerprint density at radius 3 is 1.56 bits per heavy atom. The number of hydrogen-bond acceptors (Lipinski definition) is 1. The maximum absolute atomic E-state index is 13.6. The van der Waals surface area contributed by atoms with Crippen molar-refractivity contribution in [3.63, 3.8) is 0 Å². The first-order valence-electron chi connectivity index (χ1n) is 10.8. The first-order valence-corrected chi connectivity index (χ1v) is 15.6. The summed E-state index contributed by atoms with van der Waals surface area (Å²) in [6.07, 6.45) is 15.6. The average molecular weight is 409 g/mol. The molecule has 0 amide bonds. The van der Waals surface area contributed by atoms with Gasteiger partial charge in [-0.1, -0.05) is 0 Å². The Labute approximate surface area is 159 Å². The number of rotatable bonds is 16. The van der Waals surface area contributed by atoms with Crippen LogP contribution in [0.25, 0.3) is 0 Å². The van der Waals surface area contributed by atoms with E-state index in [1.54, 1.807) is 0 Å². The van der Waals surface area contributed by atoms with E-state index in [4.69, 9.17) is 0 Å². The molecule has 1 aromatic carbocycles. The zero-order valence-corrected chi connectivity index (χ0v) is 18.7. The Morgan fingerprint density at radius 1 is 0.640 bits per heavy atom. The normalized spacial score (nSPS) is 11.8. The maximum atomic E-state index is 13.6.